The molecule has 2 N–H and O–H groups in total. The van der Waals surface area contributed by atoms with Crippen molar-refractivity contribution in [2.75, 3.05) is 6.54 Å². The van der Waals surface area contributed by atoms with E-state index in [2.05, 4.69) is 17.4 Å². The first-order valence-electron chi connectivity index (χ1n) is 6.43. The standard InChI is InChI=1S/C14H17NO3S/c1-14(2)18-11-6-8(3-4-12(11)19-14)10-5-9(7-15-10)13(16)17/h3-4,6,9-10,15H,5,7H2,1-2H3,(H,16,17). The van der Waals surface area contributed by atoms with Crippen molar-refractivity contribution in [2.24, 2.45) is 5.92 Å². The normalized spacial score (nSPS) is 27.9. The van der Waals surface area contributed by atoms with Crippen LogP contribution < -0.4 is 10.1 Å². The summed E-state index contributed by atoms with van der Waals surface area (Å²) in [6, 6.07) is 6.29. The Hall–Kier alpha value is -1.20. The van der Waals surface area contributed by atoms with Gasteiger partial charge in [0.05, 0.1) is 10.8 Å². The molecule has 0 aromatic heterocycles. The molecule has 1 saturated heterocycles. The quantitative estimate of drug-likeness (QED) is 0.871. The topological polar surface area (TPSA) is 58.6 Å². The molecule has 1 aromatic rings. The van der Waals surface area contributed by atoms with Gasteiger partial charge in [-0.1, -0.05) is 17.8 Å². The third-order valence-electron chi connectivity index (χ3n) is 3.56. The molecule has 2 atom stereocenters. The first-order valence-corrected chi connectivity index (χ1v) is 7.24. The third-order valence-corrected chi connectivity index (χ3v) is 4.69. The minimum atomic E-state index is -0.718. The predicted molar refractivity (Wildman–Crippen MR) is 73.5 cm³/mol. The third kappa shape index (κ3) is 2.44. The van der Waals surface area contributed by atoms with E-state index in [9.17, 15) is 4.79 Å². The van der Waals surface area contributed by atoms with E-state index in [0.29, 0.717) is 13.0 Å². The van der Waals surface area contributed by atoms with Crippen LogP contribution in [0.3, 0.4) is 0 Å². The van der Waals surface area contributed by atoms with Crippen LogP contribution in [-0.4, -0.2) is 22.6 Å². The van der Waals surface area contributed by atoms with E-state index < -0.39 is 5.97 Å². The summed E-state index contributed by atoms with van der Waals surface area (Å²) in [5.41, 5.74) is 1.11. The fourth-order valence-corrected chi connectivity index (χ4v) is 3.63. The molecule has 1 fully saturated rings. The molecule has 3 rings (SSSR count). The smallest absolute Gasteiger partial charge is 0.307 e. The van der Waals surface area contributed by atoms with Gasteiger partial charge in [-0.05, 0) is 38.0 Å². The molecule has 0 saturated carbocycles. The number of thioether (sulfide) groups is 1. The maximum absolute atomic E-state index is 11.0. The van der Waals surface area contributed by atoms with E-state index >= 15 is 0 Å². The Morgan fingerprint density at radius 3 is 3.00 bits per heavy atom. The molecule has 4 nitrogen and oxygen atoms in total. The minimum Gasteiger partial charge on any atom is -0.481 e. The monoisotopic (exact) mass is 279 g/mol. The van der Waals surface area contributed by atoms with Gasteiger partial charge in [0, 0.05) is 12.6 Å². The highest BCUT2D eigenvalue weighted by Crippen LogP contribution is 2.48. The Morgan fingerprint density at radius 1 is 1.53 bits per heavy atom. The molecule has 2 aliphatic rings. The van der Waals surface area contributed by atoms with Gasteiger partial charge in [0.2, 0.25) is 0 Å². The van der Waals surface area contributed by atoms with E-state index in [1.54, 1.807) is 11.8 Å². The Labute approximate surface area is 116 Å². The van der Waals surface area contributed by atoms with Gasteiger partial charge >= 0.3 is 5.97 Å². The summed E-state index contributed by atoms with van der Waals surface area (Å²) < 4.78 is 5.89. The van der Waals surface area contributed by atoms with Crippen molar-refractivity contribution in [3.63, 3.8) is 0 Å². The van der Waals surface area contributed by atoms with Crippen LogP contribution in [0, 0.1) is 5.92 Å². The summed E-state index contributed by atoms with van der Waals surface area (Å²) in [5, 5.41) is 12.3. The van der Waals surface area contributed by atoms with Crippen LogP contribution in [0.15, 0.2) is 23.1 Å². The number of carbonyl (C=O) groups is 1. The summed E-state index contributed by atoms with van der Waals surface area (Å²) in [4.78, 5) is 11.9. The average molecular weight is 279 g/mol. The Balaban J connectivity index is 1.80. The lowest BCUT2D eigenvalue weighted by atomic mass is 10.00. The van der Waals surface area contributed by atoms with Gasteiger partial charge in [0.25, 0.3) is 0 Å². The van der Waals surface area contributed by atoms with Crippen molar-refractivity contribution in [2.45, 2.75) is 36.1 Å². The highest BCUT2D eigenvalue weighted by atomic mass is 32.2. The summed E-state index contributed by atoms with van der Waals surface area (Å²) in [5.74, 6) is -0.0952. The van der Waals surface area contributed by atoms with Crippen molar-refractivity contribution in [3.8, 4) is 5.75 Å². The lowest BCUT2D eigenvalue weighted by Crippen LogP contribution is -2.18. The average Bonchev–Trinajstić information content (AvgIpc) is 2.89. The van der Waals surface area contributed by atoms with Crippen LogP contribution in [0.2, 0.25) is 0 Å². The molecule has 2 aliphatic heterocycles. The largest absolute Gasteiger partial charge is 0.481 e. The Morgan fingerprint density at radius 2 is 2.32 bits per heavy atom. The van der Waals surface area contributed by atoms with Gasteiger partial charge in [-0.15, -0.1) is 0 Å². The molecule has 5 heteroatoms. The molecule has 0 spiro atoms. The SMILES string of the molecule is CC1(C)Oc2cc(C3CC(C(=O)O)CN3)ccc2S1. The van der Waals surface area contributed by atoms with E-state index in [-0.39, 0.29) is 16.9 Å². The maximum atomic E-state index is 11.0. The highest BCUT2D eigenvalue weighted by molar-refractivity contribution is 8.00. The zero-order chi connectivity index (χ0) is 13.6. The predicted octanol–water partition coefficient (Wildman–Crippen LogP) is 2.64. The summed E-state index contributed by atoms with van der Waals surface area (Å²) in [6.45, 7) is 4.63. The molecular formula is C14H17NO3S. The lowest BCUT2D eigenvalue weighted by molar-refractivity contribution is -0.141. The molecular weight excluding hydrogens is 262 g/mol. The van der Waals surface area contributed by atoms with Crippen LogP contribution in [0.1, 0.15) is 31.9 Å². The van der Waals surface area contributed by atoms with Crippen molar-refractivity contribution >= 4 is 17.7 Å². The first-order chi connectivity index (χ1) is 8.94. The number of nitrogens with one attached hydrogen (secondary N) is 1. The lowest BCUT2D eigenvalue weighted by Gasteiger charge is -2.16. The summed E-state index contributed by atoms with van der Waals surface area (Å²) in [6.07, 6.45) is 0.644. The van der Waals surface area contributed by atoms with Gasteiger partial charge in [-0.3, -0.25) is 4.79 Å². The van der Waals surface area contributed by atoms with E-state index in [1.807, 2.05) is 19.9 Å². The van der Waals surface area contributed by atoms with Crippen molar-refractivity contribution < 1.29 is 14.6 Å². The molecule has 0 aliphatic carbocycles. The number of carboxylic acid groups (broad SMARTS) is 1. The number of fused-ring (bicyclic) bond motifs is 1. The summed E-state index contributed by atoms with van der Waals surface area (Å²) >= 11 is 1.71. The molecule has 102 valence electrons. The zero-order valence-electron chi connectivity index (χ0n) is 11.0. The highest BCUT2D eigenvalue weighted by Gasteiger charge is 2.34. The van der Waals surface area contributed by atoms with Crippen molar-refractivity contribution in [1.29, 1.82) is 0 Å². The second-order valence-electron chi connectivity index (χ2n) is 5.54. The number of carboxylic acids is 1. The van der Waals surface area contributed by atoms with Crippen molar-refractivity contribution in [1.82, 2.24) is 5.32 Å². The Kier molecular flexibility index (Phi) is 2.98. The molecule has 2 unspecified atom stereocenters. The van der Waals surface area contributed by atoms with Crippen LogP contribution in [-0.2, 0) is 4.79 Å². The number of aliphatic carboxylic acids is 1. The van der Waals surface area contributed by atoms with Crippen LogP contribution in [0.5, 0.6) is 5.75 Å². The van der Waals surface area contributed by atoms with Gasteiger partial charge in [-0.2, -0.15) is 0 Å². The van der Waals surface area contributed by atoms with Gasteiger partial charge in [-0.25, -0.2) is 0 Å². The van der Waals surface area contributed by atoms with Crippen molar-refractivity contribution in [3.05, 3.63) is 23.8 Å². The molecule has 0 radical (unpaired) electrons. The maximum Gasteiger partial charge on any atom is 0.307 e. The fourth-order valence-electron chi connectivity index (χ4n) is 2.63. The first kappa shape index (κ1) is 12.8. The Bertz CT molecular complexity index is 529. The zero-order valence-corrected chi connectivity index (χ0v) is 11.8. The van der Waals surface area contributed by atoms with Crippen LogP contribution in [0.4, 0.5) is 0 Å². The number of hydrogen-bond donors (Lipinski definition) is 2. The van der Waals surface area contributed by atoms with E-state index in [0.717, 1.165) is 16.2 Å². The van der Waals surface area contributed by atoms with Gasteiger partial charge in [0.15, 0.2) is 4.93 Å². The number of hydrogen-bond acceptors (Lipinski definition) is 4. The number of ether oxygens (including phenoxy) is 1. The fraction of sp³-hybridized carbons (Fsp3) is 0.500. The molecule has 0 amide bonds. The molecule has 1 aromatic carbocycles. The minimum absolute atomic E-state index is 0.115. The number of rotatable bonds is 2. The van der Waals surface area contributed by atoms with Gasteiger partial charge in [0.1, 0.15) is 5.75 Å². The summed E-state index contributed by atoms with van der Waals surface area (Å²) in [7, 11) is 0. The second kappa shape index (κ2) is 4.42. The molecule has 2 heterocycles. The van der Waals surface area contributed by atoms with Crippen LogP contribution in [0.25, 0.3) is 0 Å². The van der Waals surface area contributed by atoms with E-state index in [1.165, 1.54) is 0 Å². The molecule has 0 bridgehead atoms. The van der Waals surface area contributed by atoms with Crippen LogP contribution >= 0.6 is 11.8 Å². The van der Waals surface area contributed by atoms with Gasteiger partial charge < -0.3 is 15.2 Å². The number of benzene rings is 1. The second-order valence-corrected chi connectivity index (χ2v) is 7.17. The molecule has 19 heavy (non-hydrogen) atoms. The van der Waals surface area contributed by atoms with E-state index in [4.69, 9.17) is 9.84 Å².